The molecule has 386 valence electrons. The van der Waals surface area contributed by atoms with E-state index < -0.39 is 23.5 Å². The number of aliphatic hydroxyl groups excluding tert-OH is 3. The molecule has 4 aromatic rings. The topological polar surface area (TPSA) is 202 Å². The molecule has 0 bridgehead atoms. The summed E-state index contributed by atoms with van der Waals surface area (Å²) in [6.07, 6.45) is 9.75. The number of ketones is 2. The maximum Gasteiger partial charge on any atom is 0.160 e. The van der Waals surface area contributed by atoms with Crippen molar-refractivity contribution in [1.82, 2.24) is 20.9 Å². The van der Waals surface area contributed by atoms with Crippen LogP contribution in [-0.2, 0) is 16.0 Å². The lowest BCUT2D eigenvalue weighted by Gasteiger charge is -2.64. The van der Waals surface area contributed by atoms with Gasteiger partial charge < -0.3 is 51.8 Å². The lowest BCUT2D eigenvalue weighted by molar-refractivity contribution is -0.141. The molecule has 7 aliphatic rings. The highest BCUT2D eigenvalue weighted by atomic mass is 16.5. The van der Waals surface area contributed by atoms with Gasteiger partial charge in [0.15, 0.2) is 17.3 Å². The third-order valence-corrected chi connectivity index (χ3v) is 19.2. The smallest absolute Gasteiger partial charge is 0.160 e. The zero-order chi connectivity index (χ0) is 50.5. The summed E-state index contributed by atoms with van der Waals surface area (Å²) in [5, 5.41) is 60.1. The summed E-state index contributed by atoms with van der Waals surface area (Å²) in [7, 11) is 1.52. The molecule has 2 aliphatic heterocycles. The highest BCUT2D eigenvalue weighted by molar-refractivity contribution is 5.89. The van der Waals surface area contributed by atoms with Crippen LogP contribution < -0.4 is 26.4 Å². The van der Waals surface area contributed by atoms with E-state index in [9.17, 15) is 30.0 Å². The number of H-pyrrole nitrogens is 1. The monoisotopic (exact) mass is 990 g/mol. The lowest BCUT2D eigenvalue weighted by atomic mass is 9.43. The number of aliphatic hydroxyl groups is 3. The fourth-order valence-corrected chi connectivity index (χ4v) is 16.1. The van der Waals surface area contributed by atoms with E-state index in [2.05, 4.69) is 88.4 Å². The number of nitrogens with two attached hydrogens (primary N) is 1. The van der Waals surface area contributed by atoms with E-state index in [0.29, 0.717) is 99.4 Å². The molecule has 12 heteroatoms. The van der Waals surface area contributed by atoms with Crippen LogP contribution in [0.25, 0.3) is 10.8 Å². The van der Waals surface area contributed by atoms with Crippen molar-refractivity contribution in [1.29, 1.82) is 0 Å². The Balaban J connectivity index is 0.897. The molecular weight excluding hydrogens is 915 g/mol. The van der Waals surface area contributed by atoms with Crippen molar-refractivity contribution in [3.63, 3.8) is 0 Å². The van der Waals surface area contributed by atoms with Crippen LogP contribution in [0.15, 0.2) is 90.4 Å². The van der Waals surface area contributed by atoms with E-state index in [1.54, 1.807) is 6.07 Å². The van der Waals surface area contributed by atoms with Crippen LogP contribution in [0.5, 0.6) is 11.5 Å². The second-order valence-electron chi connectivity index (χ2n) is 22.8. The van der Waals surface area contributed by atoms with Crippen LogP contribution in [0.2, 0.25) is 0 Å². The van der Waals surface area contributed by atoms with E-state index in [0.717, 1.165) is 59.1 Å². The summed E-state index contributed by atoms with van der Waals surface area (Å²) in [5.74, 6) is 9.82. The molecule has 5 aliphatic carbocycles. The van der Waals surface area contributed by atoms with Crippen LogP contribution in [-0.4, -0.2) is 95.1 Å². The van der Waals surface area contributed by atoms with Crippen LogP contribution in [0.3, 0.4) is 0 Å². The molecule has 4 fully saturated rings. The molecule has 10 N–H and O–H groups in total. The number of aromatic amines is 1. The van der Waals surface area contributed by atoms with E-state index in [4.69, 9.17) is 10.5 Å². The van der Waals surface area contributed by atoms with Crippen molar-refractivity contribution >= 4 is 22.3 Å². The van der Waals surface area contributed by atoms with E-state index in [1.807, 2.05) is 24.3 Å². The Hall–Kier alpha value is -5.42. The number of hydrogen-bond donors (Lipinski definition) is 9. The van der Waals surface area contributed by atoms with Gasteiger partial charge in [0.1, 0.15) is 11.2 Å². The first-order chi connectivity index (χ1) is 35.5. The van der Waals surface area contributed by atoms with E-state index in [-0.39, 0.29) is 72.0 Å². The van der Waals surface area contributed by atoms with Crippen molar-refractivity contribution in [3.05, 3.63) is 118 Å². The average molecular weight is 990 g/mol. The Kier molecular flexibility index (Phi) is 14.1. The molecular formula is C61H75N5O7. The number of carbonyl (C=O) groups excluding carboxylic acids is 2. The van der Waals surface area contributed by atoms with Crippen molar-refractivity contribution in [2.75, 3.05) is 39.9 Å². The molecule has 0 amide bonds. The molecule has 1 spiro atoms. The van der Waals surface area contributed by atoms with E-state index in [1.165, 1.54) is 18.4 Å². The molecule has 12 nitrogen and oxygen atoms in total. The number of aromatic nitrogens is 1. The number of allylic oxidation sites excluding steroid dienone is 2. The summed E-state index contributed by atoms with van der Waals surface area (Å²) in [6, 6.07) is 20.7. The van der Waals surface area contributed by atoms with Crippen molar-refractivity contribution in [2.45, 2.75) is 119 Å². The average Bonchev–Trinajstić information content (AvgIpc) is 3.90. The van der Waals surface area contributed by atoms with Gasteiger partial charge in [0.25, 0.3) is 0 Å². The van der Waals surface area contributed by atoms with Crippen LogP contribution in [0.4, 0.5) is 0 Å². The minimum absolute atomic E-state index is 0.00657. The second kappa shape index (κ2) is 20.7. The number of phenols is 1. The number of benzene rings is 3. The maximum atomic E-state index is 14.9. The Morgan fingerprint density at radius 1 is 0.986 bits per heavy atom. The number of aromatic hydroxyl groups is 1. The first kappa shape index (κ1) is 49.8. The van der Waals surface area contributed by atoms with Gasteiger partial charge in [-0.05, 0) is 181 Å². The van der Waals surface area contributed by atoms with Gasteiger partial charge in [-0.3, -0.25) is 9.59 Å². The quantitative estimate of drug-likeness (QED) is 0.0579. The first-order valence-electron chi connectivity index (χ1n) is 27.5. The van der Waals surface area contributed by atoms with Crippen molar-refractivity contribution in [3.8, 4) is 23.3 Å². The predicted molar refractivity (Wildman–Crippen MR) is 283 cm³/mol. The minimum Gasteiger partial charge on any atom is -0.504 e. The van der Waals surface area contributed by atoms with Gasteiger partial charge in [-0.25, -0.2) is 0 Å². The summed E-state index contributed by atoms with van der Waals surface area (Å²) < 4.78 is 5.59. The van der Waals surface area contributed by atoms with Crippen LogP contribution in [0.1, 0.15) is 123 Å². The number of fused-ring (bicyclic) bond motifs is 5. The molecule has 0 unspecified atom stereocenters. The fourth-order valence-electron chi connectivity index (χ4n) is 16.1. The summed E-state index contributed by atoms with van der Waals surface area (Å²) in [6.45, 7) is 5.28. The molecule has 3 aromatic carbocycles. The number of dihydropyridines is 1. The largest absolute Gasteiger partial charge is 0.504 e. The minimum atomic E-state index is -1.28. The van der Waals surface area contributed by atoms with Gasteiger partial charge in [0, 0.05) is 68.1 Å². The van der Waals surface area contributed by atoms with Gasteiger partial charge in [0.05, 0.1) is 25.1 Å². The highest BCUT2D eigenvalue weighted by Gasteiger charge is 2.63. The van der Waals surface area contributed by atoms with Crippen molar-refractivity contribution < 1.29 is 34.8 Å². The fraction of sp³-hybridized carbons (Fsp3) is 0.541. The Bertz CT molecular complexity index is 2840. The maximum absolute atomic E-state index is 14.9. The number of hydrogen-bond acceptors (Lipinski definition) is 11. The zero-order valence-corrected chi connectivity index (χ0v) is 42.5. The number of Topliss-reactive ketones (excluding diaryl/α,β-unsaturated/α-hetero) is 2. The zero-order valence-electron chi connectivity index (χ0n) is 42.5. The van der Waals surface area contributed by atoms with Crippen molar-refractivity contribution in [2.24, 2.45) is 52.6 Å². The Morgan fingerprint density at radius 3 is 2.63 bits per heavy atom. The number of methoxy groups -OCH3 is 1. The molecule has 73 heavy (non-hydrogen) atoms. The second-order valence-corrected chi connectivity index (χ2v) is 22.8. The molecule has 15 atom stereocenters. The molecule has 11 rings (SSSR count). The number of phenolic OH excluding ortho intramolecular Hbond substituents is 1. The SMILES string of the molecule is CCNC[C@H]1[C@H]2c3[nH]ccc3[C@H]3CC(=O)C[C@@H]4NC[C@@H]([C@@H](CCO)[C@@H]1[C@H]1CC[C@@]5(C#C[C@H](CC[C@H](O)C[C@H](C6=CCNC(N)=C6)c6ccc7ccccc7c6)c6cc(O)c(OC)cc6CCC5=O)[C@H](O)C1)[C@@H]2[C@H]43. The Labute approximate surface area is 430 Å². The van der Waals surface area contributed by atoms with Gasteiger partial charge in [-0.2, -0.15) is 0 Å². The number of ether oxygens (including phenoxy) is 1. The summed E-state index contributed by atoms with van der Waals surface area (Å²) in [4.78, 5) is 31.9. The first-order valence-corrected chi connectivity index (χ1v) is 27.5. The van der Waals surface area contributed by atoms with E-state index >= 15 is 0 Å². The summed E-state index contributed by atoms with van der Waals surface area (Å²) in [5.41, 5.74) is 11.4. The molecule has 0 radical (unpaired) electrons. The number of piperidine rings is 1. The third kappa shape index (κ3) is 9.11. The van der Waals surface area contributed by atoms with Gasteiger partial charge in [-0.15, -0.1) is 0 Å². The molecule has 3 saturated carbocycles. The van der Waals surface area contributed by atoms with Gasteiger partial charge in [0.2, 0.25) is 0 Å². The third-order valence-electron chi connectivity index (χ3n) is 19.2. The van der Waals surface area contributed by atoms with Gasteiger partial charge >= 0.3 is 0 Å². The van der Waals surface area contributed by atoms with Crippen LogP contribution in [0, 0.1) is 58.7 Å². The summed E-state index contributed by atoms with van der Waals surface area (Å²) >= 11 is 0. The normalized spacial score (nSPS) is 33.3. The number of rotatable bonds is 14. The number of aryl methyl sites for hydroxylation is 1. The van der Waals surface area contributed by atoms with Crippen LogP contribution >= 0.6 is 0 Å². The Morgan fingerprint density at radius 2 is 1.84 bits per heavy atom. The van der Waals surface area contributed by atoms with Gasteiger partial charge in [-0.1, -0.05) is 67.3 Å². The predicted octanol–water partition coefficient (Wildman–Crippen LogP) is 7.19. The number of carbonyl (C=O) groups is 2. The molecule has 3 heterocycles. The lowest BCUT2D eigenvalue weighted by Crippen LogP contribution is -2.65. The number of nitrogens with one attached hydrogen (secondary N) is 4. The standard InChI is InChI=1S/C61H75N5O7/c1-3-63-32-49-56(43(18-23-67)48-33-66-50-30-42(69)29-47-44-17-22-65-60(44)59(49)58(48)57(47)50)40-15-20-61(54(72)26-40)19-14-35(46-31-51(70)52(73-2)25-38(46)11-13-53(61)71)10-12-41(68)28-45(39-16-21-64-55(62)27-39)37-9-8-34-6-4-5-7-36(34)24-37/h4-9,16-17,22,24-25,27,31,35,40-41,43,45,47-50,54,56-59,63-68,70,72H,3,10-13,15,18,20-21,23,26,28-30,32-33,62H2,1-2H3/t35-,40-,41-,43+,45-,47+,48-,49+,50-,54+,56-,57-,58+,59+,61+/m0/s1. The molecule has 1 saturated heterocycles. The molecule has 1 aromatic heterocycles. The highest BCUT2D eigenvalue weighted by Crippen LogP contribution is 2.65.